The molecule has 3 rings (SSSR count). The number of carbonyl (C=O) groups is 2. The Balaban J connectivity index is 1.62. The van der Waals surface area contributed by atoms with E-state index in [2.05, 4.69) is 10.6 Å². The van der Waals surface area contributed by atoms with E-state index >= 15 is 0 Å². The molecule has 0 saturated carbocycles. The Morgan fingerprint density at radius 2 is 2.00 bits per heavy atom. The van der Waals surface area contributed by atoms with Crippen LogP contribution in [0.2, 0.25) is 0 Å². The van der Waals surface area contributed by atoms with Gasteiger partial charge in [-0.1, -0.05) is 0 Å². The SMILES string of the molecule is CC(C)NC(=O)NC(=O)C[NH+]1CCC[C@H]1c1ccc2c(c1)OCCO2. The van der Waals surface area contributed by atoms with Crippen molar-refractivity contribution in [3.63, 3.8) is 0 Å². The summed E-state index contributed by atoms with van der Waals surface area (Å²) in [6.07, 6.45) is 2.07. The predicted octanol–water partition coefficient (Wildman–Crippen LogP) is 0.412. The van der Waals surface area contributed by atoms with Crippen LogP contribution in [0.15, 0.2) is 18.2 Å². The summed E-state index contributed by atoms with van der Waals surface area (Å²) in [7, 11) is 0. The summed E-state index contributed by atoms with van der Waals surface area (Å²) >= 11 is 0. The van der Waals surface area contributed by atoms with Gasteiger partial charge in [-0.15, -0.1) is 0 Å². The van der Waals surface area contributed by atoms with Gasteiger partial charge in [0, 0.05) is 24.4 Å². The molecule has 2 atom stereocenters. The number of urea groups is 1. The number of likely N-dealkylation sites (tertiary alicyclic amines) is 1. The Morgan fingerprint density at radius 3 is 2.76 bits per heavy atom. The molecule has 2 aliphatic heterocycles. The summed E-state index contributed by atoms with van der Waals surface area (Å²) in [5, 5.41) is 5.07. The lowest BCUT2D eigenvalue weighted by molar-refractivity contribution is -0.910. The maximum atomic E-state index is 12.2. The second-order valence-electron chi connectivity index (χ2n) is 6.86. The van der Waals surface area contributed by atoms with Crippen LogP contribution in [0.5, 0.6) is 11.5 Å². The van der Waals surface area contributed by atoms with Crippen molar-refractivity contribution in [2.24, 2.45) is 0 Å². The minimum Gasteiger partial charge on any atom is -0.486 e. The number of ether oxygens (including phenoxy) is 2. The van der Waals surface area contributed by atoms with E-state index in [1.165, 1.54) is 4.90 Å². The summed E-state index contributed by atoms with van der Waals surface area (Å²) < 4.78 is 11.2. The third kappa shape index (κ3) is 4.42. The Morgan fingerprint density at radius 1 is 1.24 bits per heavy atom. The van der Waals surface area contributed by atoms with Crippen LogP contribution in [0.4, 0.5) is 4.79 Å². The Kier molecular flexibility index (Phi) is 5.43. The third-order valence-electron chi connectivity index (χ3n) is 4.51. The van der Waals surface area contributed by atoms with Gasteiger partial charge in [-0.05, 0) is 32.0 Å². The first-order chi connectivity index (χ1) is 12.0. The summed E-state index contributed by atoms with van der Waals surface area (Å²) in [4.78, 5) is 25.0. The Hall–Kier alpha value is -2.28. The van der Waals surface area contributed by atoms with E-state index in [-0.39, 0.29) is 24.5 Å². The van der Waals surface area contributed by atoms with Crippen LogP contribution >= 0.6 is 0 Å². The Labute approximate surface area is 147 Å². The summed E-state index contributed by atoms with van der Waals surface area (Å²) in [5.41, 5.74) is 1.15. The molecule has 25 heavy (non-hydrogen) atoms. The van der Waals surface area contributed by atoms with Gasteiger partial charge in [0.1, 0.15) is 19.3 Å². The lowest BCUT2D eigenvalue weighted by Crippen LogP contribution is -3.11. The van der Waals surface area contributed by atoms with Crippen molar-refractivity contribution in [2.75, 3.05) is 26.3 Å². The highest BCUT2D eigenvalue weighted by Gasteiger charge is 2.32. The van der Waals surface area contributed by atoms with E-state index in [4.69, 9.17) is 9.47 Å². The van der Waals surface area contributed by atoms with Gasteiger partial charge >= 0.3 is 6.03 Å². The molecule has 0 aliphatic carbocycles. The average Bonchev–Trinajstić information content (AvgIpc) is 3.01. The number of quaternary nitrogens is 1. The number of benzene rings is 1. The molecule has 1 saturated heterocycles. The first-order valence-corrected chi connectivity index (χ1v) is 8.87. The fourth-order valence-corrected chi connectivity index (χ4v) is 3.48. The monoisotopic (exact) mass is 348 g/mol. The van der Waals surface area contributed by atoms with Gasteiger partial charge in [0.2, 0.25) is 0 Å². The van der Waals surface area contributed by atoms with Crippen LogP contribution in [-0.2, 0) is 4.79 Å². The summed E-state index contributed by atoms with van der Waals surface area (Å²) in [6.45, 7) is 6.04. The van der Waals surface area contributed by atoms with Gasteiger partial charge in [0.05, 0.1) is 6.54 Å². The maximum absolute atomic E-state index is 12.2. The van der Waals surface area contributed by atoms with Crippen molar-refractivity contribution in [1.29, 1.82) is 0 Å². The van der Waals surface area contributed by atoms with E-state index in [1.807, 2.05) is 32.0 Å². The van der Waals surface area contributed by atoms with Crippen molar-refractivity contribution in [2.45, 2.75) is 38.8 Å². The van der Waals surface area contributed by atoms with Crippen LogP contribution < -0.4 is 25.0 Å². The highest BCUT2D eigenvalue weighted by Crippen LogP contribution is 2.33. The van der Waals surface area contributed by atoms with Crippen molar-refractivity contribution >= 4 is 11.9 Å². The molecule has 7 nitrogen and oxygen atoms in total. The largest absolute Gasteiger partial charge is 0.486 e. The summed E-state index contributed by atoms with van der Waals surface area (Å²) in [6, 6.07) is 5.80. The molecule has 0 bridgehead atoms. The zero-order valence-electron chi connectivity index (χ0n) is 14.8. The number of imide groups is 1. The lowest BCUT2D eigenvalue weighted by Gasteiger charge is -2.24. The van der Waals surface area contributed by atoms with Crippen molar-refractivity contribution in [3.8, 4) is 11.5 Å². The number of hydrogen-bond donors (Lipinski definition) is 3. The van der Waals surface area contributed by atoms with E-state index in [1.54, 1.807) is 0 Å². The van der Waals surface area contributed by atoms with E-state index in [9.17, 15) is 9.59 Å². The minimum absolute atomic E-state index is 0.00241. The van der Waals surface area contributed by atoms with Crippen LogP contribution in [0.25, 0.3) is 0 Å². The average molecular weight is 348 g/mol. The molecular weight excluding hydrogens is 322 g/mol. The van der Waals surface area contributed by atoms with Crippen LogP contribution in [-0.4, -0.2) is 44.3 Å². The Bertz CT molecular complexity index is 647. The standard InChI is InChI=1S/C18H25N3O4/c1-12(2)19-18(23)20-17(22)11-21-7-3-4-14(21)13-5-6-15-16(10-13)25-9-8-24-15/h5-6,10,12,14H,3-4,7-9,11H2,1-2H3,(H2,19,20,22,23)/p+1/t14-/m0/s1. The van der Waals surface area contributed by atoms with Crippen molar-refractivity contribution in [1.82, 2.24) is 10.6 Å². The molecular formula is C18H26N3O4+. The van der Waals surface area contributed by atoms with Crippen molar-refractivity contribution in [3.05, 3.63) is 23.8 Å². The zero-order valence-corrected chi connectivity index (χ0v) is 14.8. The lowest BCUT2D eigenvalue weighted by atomic mass is 10.0. The molecule has 136 valence electrons. The van der Waals surface area contributed by atoms with Gasteiger partial charge in [0.25, 0.3) is 5.91 Å². The molecule has 0 aromatic heterocycles. The van der Waals surface area contributed by atoms with Gasteiger partial charge in [-0.3, -0.25) is 10.1 Å². The number of hydrogen-bond acceptors (Lipinski definition) is 4. The normalized spacial score (nSPS) is 21.9. The van der Waals surface area contributed by atoms with E-state index < -0.39 is 6.03 Å². The van der Waals surface area contributed by atoms with Gasteiger partial charge < -0.3 is 19.7 Å². The predicted molar refractivity (Wildman–Crippen MR) is 91.9 cm³/mol. The van der Waals surface area contributed by atoms with Gasteiger partial charge in [-0.2, -0.15) is 0 Å². The second kappa shape index (κ2) is 7.74. The molecule has 7 heteroatoms. The molecule has 1 unspecified atom stereocenters. The molecule has 1 fully saturated rings. The smallest absolute Gasteiger partial charge is 0.321 e. The van der Waals surface area contributed by atoms with Crippen LogP contribution in [0.1, 0.15) is 38.3 Å². The van der Waals surface area contributed by atoms with Crippen LogP contribution in [0, 0.1) is 0 Å². The van der Waals surface area contributed by atoms with Gasteiger partial charge in [-0.25, -0.2) is 4.79 Å². The number of carbonyl (C=O) groups excluding carboxylic acids is 2. The van der Waals surface area contributed by atoms with E-state index in [0.717, 1.165) is 36.4 Å². The second-order valence-corrected chi connectivity index (χ2v) is 6.86. The topological polar surface area (TPSA) is 81.1 Å². The van der Waals surface area contributed by atoms with E-state index in [0.29, 0.717) is 13.2 Å². The fourth-order valence-electron chi connectivity index (χ4n) is 3.48. The molecule has 2 heterocycles. The van der Waals surface area contributed by atoms with Crippen LogP contribution in [0.3, 0.4) is 0 Å². The molecule has 3 amide bonds. The first-order valence-electron chi connectivity index (χ1n) is 8.87. The fraction of sp³-hybridized carbons (Fsp3) is 0.556. The minimum atomic E-state index is -0.436. The quantitative estimate of drug-likeness (QED) is 0.736. The number of nitrogens with one attached hydrogen (secondary N) is 3. The van der Waals surface area contributed by atoms with Crippen molar-refractivity contribution < 1.29 is 24.0 Å². The molecule has 2 aliphatic rings. The molecule has 0 radical (unpaired) electrons. The number of amides is 3. The molecule has 0 spiro atoms. The zero-order chi connectivity index (χ0) is 17.8. The number of rotatable bonds is 4. The highest BCUT2D eigenvalue weighted by molar-refractivity contribution is 5.94. The molecule has 3 N–H and O–H groups in total. The van der Waals surface area contributed by atoms with Gasteiger partial charge in [0.15, 0.2) is 18.0 Å². The molecule has 1 aromatic carbocycles. The third-order valence-corrected chi connectivity index (χ3v) is 4.51. The highest BCUT2D eigenvalue weighted by atomic mass is 16.6. The summed E-state index contributed by atoms with van der Waals surface area (Å²) in [5.74, 6) is 1.30. The molecule has 1 aromatic rings. The first kappa shape index (κ1) is 17.5. The number of fused-ring (bicyclic) bond motifs is 1. The maximum Gasteiger partial charge on any atom is 0.321 e.